The first-order valence-corrected chi connectivity index (χ1v) is 8.04. The fourth-order valence-corrected chi connectivity index (χ4v) is 3.89. The summed E-state index contributed by atoms with van der Waals surface area (Å²) in [4.78, 5) is 43.7. The van der Waals surface area contributed by atoms with Crippen LogP contribution in [0.25, 0.3) is 10.2 Å². The van der Waals surface area contributed by atoms with E-state index in [1.807, 2.05) is 0 Å². The van der Waals surface area contributed by atoms with E-state index in [1.54, 1.807) is 6.92 Å². The number of carboxylic acid groups (broad SMARTS) is 1. The molecule has 0 saturated heterocycles. The van der Waals surface area contributed by atoms with Crippen LogP contribution in [-0.4, -0.2) is 31.5 Å². The highest BCUT2D eigenvalue weighted by Gasteiger charge is 2.18. The number of carboxylic acids is 1. The molecule has 0 spiro atoms. The van der Waals surface area contributed by atoms with E-state index in [-0.39, 0.29) is 17.8 Å². The second kappa shape index (κ2) is 5.56. The minimum Gasteiger partial charge on any atom is -0.476 e. The van der Waals surface area contributed by atoms with Crippen LogP contribution >= 0.6 is 22.7 Å². The fraction of sp³-hybridized carbons (Fsp3) is 0.154. The van der Waals surface area contributed by atoms with Gasteiger partial charge in [-0.3, -0.25) is 14.2 Å². The van der Waals surface area contributed by atoms with Gasteiger partial charge < -0.3 is 10.8 Å². The molecular formula is C13H10N4O4S2. The van der Waals surface area contributed by atoms with Crippen LogP contribution < -0.4 is 11.3 Å². The molecule has 0 aliphatic carbocycles. The van der Waals surface area contributed by atoms with Crippen molar-refractivity contribution in [2.45, 2.75) is 13.5 Å². The molecule has 0 aliphatic heterocycles. The van der Waals surface area contributed by atoms with E-state index < -0.39 is 11.9 Å². The monoisotopic (exact) mass is 350 g/mol. The molecule has 0 fully saturated rings. The zero-order valence-corrected chi connectivity index (χ0v) is 13.4. The van der Waals surface area contributed by atoms with Crippen molar-refractivity contribution in [3.05, 3.63) is 43.2 Å². The summed E-state index contributed by atoms with van der Waals surface area (Å²) in [5.74, 6) is -1.71. The number of thiazole rings is 1. The number of carbonyl (C=O) groups is 2. The van der Waals surface area contributed by atoms with Gasteiger partial charge in [0.15, 0.2) is 5.69 Å². The maximum Gasteiger partial charge on any atom is 0.355 e. The third-order valence-corrected chi connectivity index (χ3v) is 5.27. The van der Waals surface area contributed by atoms with Crippen LogP contribution in [0.3, 0.4) is 0 Å². The van der Waals surface area contributed by atoms with Crippen LogP contribution in [0.15, 0.2) is 16.5 Å². The molecule has 3 rings (SSSR count). The Balaban J connectivity index is 2.06. The number of aromatic nitrogens is 3. The SMILES string of the molecule is Cc1c(C(N)=O)sc2ncn(Cc3nc(C(=O)O)cs3)c(=O)c12. The average molecular weight is 350 g/mol. The summed E-state index contributed by atoms with van der Waals surface area (Å²) in [6, 6.07) is 0. The van der Waals surface area contributed by atoms with Gasteiger partial charge >= 0.3 is 5.97 Å². The van der Waals surface area contributed by atoms with Gasteiger partial charge in [-0.25, -0.2) is 14.8 Å². The zero-order valence-electron chi connectivity index (χ0n) is 11.8. The van der Waals surface area contributed by atoms with Gasteiger partial charge in [0.2, 0.25) is 0 Å². The minimum absolute atomic E-state index is 0.0604. The van der Waals surface area contributed by atoms with Crippen LogP contribution in [0.4, 0.5) is 0 Å². The number of nitrogens with zero attached hydrogens (tertiary/aromatic N) is 3. The largest absolute Gasteiger partial charge is 0.476 e. The quantitative estimate of drug-likeness (QED) is 0.724. The smallest absolute Gasteiger partial charge is 0.355 e. The summed E-state index contributed by atoms with van der Waals surface area (Å²) in [5.41, 5.74) is 5.42. The predicted octanol–water partition coefficient (Wildman–Crippen LogP) is 1.07. The Kier molecular flexibility index (Phi) is 3.70. The van der Waals surface area contributed by atoms with Crippen LogP contribution in [0.1, 0.15) is 30.7 Å². The number of thiophene rings is 1. The Morgan fingerprint density at radius 3 is 2.78 bits per heavy atom. The Labute approximate surface area is 136 Å². The molecule has 3 aromatic rings. The van der Waals surface area contributed by atoms with E-state index >= 15 is 0 Å². The highest BCUT2D eigenvalue weighted by atomic mass is 32.1. The van der Waals surface area contributed by atoms with E-state index in [2.05, 4.69) is 9.97 Å². The molecule has 0 atom stereocenters. The molecule has 0 bridgehead atoms. The van der Waals surface area contributed by atoms with Crippen molar-refractivity contribution in [2.24, 2.45) is 5.73 Å². The van der Waals surface area contributed by atoms with Crippen molar-refractivity contribution < 1.29 is 14.7 Å². The first-order valence-electron chi connectivity index (χ1n) is 6.34. The van der Waals surface area contributed by atoms with Crippen LogP contribution in [0, 0.1) is 6.92 Å². The normalized spacial score (nSPS) is 11.0. The summed E-state index contributed by atoms with van der Waals surface area (Å²) >= 11 is 2.23. The third-order valence-electron chi connectivity index (χ3n) is 3.22. The van der Waals surface area contributed by atoms with Crippen molar-refractivity contribution in [3.63, 3.8) is 0 Å². The highest BCUT2D eigenvalue weighted by molar-refractivity contribution is 7.20. The Hall–Kier alpha value is -2.59. The van der Waals surface area contributed by atoms with Gasteiger partial charge in [0.05, 0.1) is 23.1 Å². The number of amides is 1. The molecular weight excluding hydrogens is 340 g/mol. The molecule has 0 saturated carbocycles. The van der Waals surface area contributed by atoms with Gasteiger partial charge in [0.1, 0.15) is 9.84 Å². The fourth-order valence-electron chi connectivity index (χ4n) is 2.13. The third kappa shape index (κ3) is 2.62. The predicted molar refractivity (Wildman–Crippen MR) is 85.3 cm³/mol. The lowest BCUT2D eigenvalue weighted by Crippen LogP contribution is -2.21. The summed E-state index contributed by atoms with van der Waals surface area (Å²) < 4.78 is 1.33. The number of hydrogen-bond donors (Lipinski definition) is 2. The van der Waals surface area contributed by atoms with Crippen molar-refractivity contribution >= 4 is 44.8 Å². The lowest BCUT2D eigenvalue weighted by atomic mass is 10.2. The molecule has 23 heavy (non-hydrogen) atoms. The Bertz CT molecular complexity index is 1000. The number of aryl methyl sites for hydroxylation is 1. The molecule has 3 heterocycles. The van der Waals surface area contributed by atoms with Crippen LogP contribution in [0.5, 0.6) is 0 Å². The van der Waals surface area contributed by atoms with E-state index in [0.29, 0.717) is 25.7 Å². The number of fused-ring (bicyclic) bond motifs is 1. The van der Waals surface area contributed by atoms with Gasteiger partial charge in [-0.1, -0.05) is 0 Å². The first kappa shape index (κ1) is 15.3. The molecule has 0 radical (unpaired) electrons. The van der Waals surface area contributed by atoms with Crippen LogP contribution in [-0.2, 0) is 6.54 Å². The summed E-state index contributed by atoms with van der Waals surface area (Å²) in [6.45, 7) is 1.76. The molecule has 0 unspecified atom stereocenters. The number of hydrogen-bond acceptors (Lipinski definition) is 7. The van der Waals surface area contributed by atoms with Gasteiger partial charge in [-0.05, 0) is 12.5 Å². The van der Waals surface area contributed by atoms with Crippen molar-refractivity contribution in [3.8, 4) is 0 Å². The topological polar surface area (TPSA) is 128 Å². The summed E-state index contributed by atoms with van der Waals surface area (Å²) in [6.07, 6.45) is 1.35. The zero-order chi connectivity index (χ0) is 16.7. The molecule has 3 N–H and O–H groups in total. The maximum absolute atomic E-state index is 12.6. The summed E-state index contributed by atoms with van der Waals surface area (Å²) in [7, 11) is 0. The number of rotatable bonds is 4. The molecule has 8 nitrogen and oxygen atoms in total. The average Bonchev–Trinajstić information content (AvgIpc) is 3.07. The van der Waals surface area contributed by atoms with E-state index in [0.717, 1.165) is 22.7 Å². The number of primary amides is 1. The molecule has 3 aromatic heterocycles. The highest BCUT2D eigenvalue weighted by Crippen LogP contribution is 2.26. The standard InChI is InChI=1S/C13H10N4O4S2/c1-5-8-11(23-9(5)10(14)18)15-4-17(12(8)19)2-7-16-6(3-22-7)13(20)21/h3-4H,2H2,1H3,(H2,14,18)(H,20,21). The van der Waals surface area contributed by atoms with Crippen molar-refractivity contribution in [2.75, 3.05) is 0 Å². The lowest BCUT2D eigenvalue weighted by Gasteiger charge is -2.02. The molecule has 0 aromatic carbocycles. The van der Waals surface area contributed by atoms with Crippen molar-refractivity contribution in [1.29, 1.82) is 0 Å². The number of nitrogens with two attached hydrogens (primary N) is 1. The molecule has 0 aliphatic rings. The van der Waals surface area contributed by atoms with Gasteiger partial charge in [-0.2, -0.15) is 0 Å². The Morgan fingerprint density at radius 1 is 1.43 bits per heavy atom. The van der Waals surface area contributed by atoms with E-state index in [4.69, 9.17) is 10.8 Å². The van der Waals surface area contributed by atoms with E-state index in [1.165, 1.54) is 16.3 Å². The number of aromatic carboxylic acids is 1. The van der Waals surface area contributed by atoms with Gasteiger partial charge in [0, 0.05) is 5.38 Å². The Morgan fingerprint density at radius 2 is 2.17 bits per heavy atom. The van der Waals surface area contributed by atoms with Crippen molar-refractivity contribution in [1.82, 2.24) is 14.5 Å². The lowest BCUT2D eigenvalue weighted by molar-refractivity contribution is 0.0691. The van der Waals surface area contributed by atoms with Gasteiger partial charge in [0.25, 0.3) is 11.5 Å². The first-order chi connectivity index (χ1) is 10.9. The number of carbonyl (C=O) groups excluding carboxylic acids is 1. The van der Waals surface area contributed by atoms with E-state index in [9.17, 15) is 14.4 Å². The molecule has 10 heteroatoms. The maximum atomic E-state index is 12.6. The molecule has 1 amide bonds. The van der Waals surface area contributed by atoms with Crippen LogP contribution in [0.2, 0.25) is 0 Å². The second-order valence-corrected chi connectivity index (χ2v) is 6.65. The second-order valence-electron chi connectivity index (χ2n) is 4.71. The van der Waals surface area contributed by atoms with Gasteiger partial charge in [-0.15, -0.1) is 22.7 Å². The minimum atomic E-state index is -1.12. The molecule has 118 valence electrons. The summed E-state index contributed by atoms with van der Waals surface area (Å²) in [5, 5.41) is 11.1.